The van der Waals surface area contributed by atoms with Crippen molar-refractivity contribution in [3.05, 3.63) is 47.7 Å². The predicted molar refractivity (Wildman–Crippen MR) is 142 cm³/mol. The summed E-state index contributed by atoms with van der Waals surface area (Å²) in [6, 6.07) is 7.95. The number of urea groups is 1. The topological polar surface area (TPSA) is 148 Å². The largest absolute Gasteiger partial charge is 0.444 e. The lowest BCUT2D eigenvalue weighted by Crippen LogP contribution is -2.42. The Kier molecular flexibility index (Phi) is 8.52. The van der Waals surface area contributed by atoms with Crippen LogP contribution >= 0.6 is 0 Å². The highest BCUT2D eigenvalue weighted by atomic mass is 16.7. The molecule has 40 heavy (non-hydrogen) atoms. The fourth-order valence-corrected chi connectivity index (χ4v) is 4.44. The number of rotatable bonds is 8. The minimum Gasteiger partial charge on any atom is -0.444 e. The van der Waals surface area contributed by atoms with E-state index in [1.807, 2.05) is 30.3 Å². The number of carbonyl (C=O) groups is 3. The minimum atomic E-state index is -0.903. The molecule has 3 heterocycles. The molecule has 2 aliphatic heterocycles. The molecule has 4 rings (SSSR count). The molecule has 1 unspecified atom stereocenters. The predicted octanol–water partition coefficient (Wildman–Crippen LogP) is 4.23. The second-order valence-electron chi connectivity index (χ2n) is 11.8. The van der Waals surface area contributed by atoms with Crippen LogP contribution in [0.1, 0.15) is 83.8 Å². The summed E-state index contributed by atoms with van der Waals surface area (Å²) in [6.45, 7) is 11.1. The quantitative estimate of drug-likeness (QED) is 0.485. The summed E-state index contributed by atoms with van der Waals surface area (Å²) >= 11 is 0. The monoisotopic (exact) mass is 558 g/mol. The van der Waals surface area contributed by atoms with Crippen molar-refractivity contribution >= 4 is 18.2 Å². The number of nitrogens with one attached hydrogen (secondary N) is 2. The highest BCUT2D eigenvalue weighted by molar-refractivity contribution is 5.77. The van der Waals surface area contributed by atoms with Crippen molar-refractivity contribution < 1.29 is 33.1 Å². The molecule has 2 aromatic rings. The second kappa shape index (κ2) is 11.7. The Bertz CT molecular complexity index is 1190. The normalized spacial score (nSPS) is 19.8. The van der Waals surface area contributed by atoms with Crippen molar-refractivity contribution in [2.24, 2.45) is 0 Å². The number of aromatic nitrogens is 2. The van der Waals surface area contributed by atoms with E-state index >= 15 is 0 Å². The molecule has 13 nitrogen and oxygen atoms in total. The molecule has 2 N–H and O–H groups in total. The zero-order valence-corrected chi connectivity index (χ0v) is 23.8. The fourth-order valence-electron chi connectivity index (χ4n) is 4.44. The lowest BCUT2D eigenvalue weighted by atomic mass is 10.0. The number of ether oxygens (including phenoxy) is 2. The summed E-state index contributed by atoms with van der Waals surface area (Å²) in [4.78, 5) is 45.5. The summed E-state index contributed by atoms with van der Waals surface area (Å²) in [5.74, 6) is 0.294. The Labute approximate surface area is 233 Å². The summed E-state index contributed by atoms with van der Waals surface area (Å²) in [5, 5.41) is 15.0. The molecule has 2 fully saturated rings. The number of carbonyl (C=O) groups excluding carboxylic acids is 3. The van der Waals surface area contributed by atoms with Gasteiger partial charge in [0.05, 0.1) is 12.6 Å². The molecular weight excluding hydrogens is 520 g/mol. The van der Waals surface area contributed by atoms with Gasteiger partial charge in [-0.15, -0.1) is 10.2 Å². The Morgan fingerprint density at radius 2 is 1.70 bits per heavy atom. The first-order valence-electron chi connectivity index (χ1n) is 13.4. The Morgan fingerprint density at radius 1 is 1.02 bits per heavy atom. The van der Waals surface area contributed by atoms with Crippen molar-refractivity contribution in [1.82, 2.24) is 30.8 Å². The van der Waals surface area contributed by atoms with Gasteiger partial charge in [0, 0.05) is 6.54 Å². The van der Waals surface area contributed by atoms with Gasteiger partial charge in [0.2, 0.25) is 11.8 Å². The summed E-state index contributed by atoms with van der Waals surface area (Å²) in [6.07, 6.45) is -0.0903. The lowest BCUT2D eigenvalue weighted by Gasteiger charge is -2.27. The highest BCUT2D eigenvalue weighted by Crippen LogP contribution is 2.38. The van der Waals surface area contributed by atoms with Crippen molar-refractivity contribution in [1.29, 1.82) is 0 Å². The second-order valence-corrected chi connectivity index (χ2v) is 11.8. The van der Waals surface area contributed by atoms with Crippen molar-refractivity contribution in [3.63, 3.8) is 0 Å². The van der Waals surface area contributed by atoms with Crippen LogP contribution in [0.5, 0.6) is 0 Å². The van der Waals surface area contributed by atoms with Gasteiger partial charge in [-0.25, -0.2) is 14.4 Å². The number of hydroxylamine groups is 2. The Hall–Kier alpha value is -3.87. The number of amides is 4. The maximum absolute atomic E-state index is 13.2. The number of fused-ring (bicyclic) bond motifs is 2. The van der Waals surface area contributed by atoms with Crippen LogP contribution in [-0.4, -0.2) is 68.7 Å². The van der Waals surface area contributed by atoms with E-state index in [2.05, 4.69) is 20.8 Å². The van der Waals surface area contributed by atoms with Crippen LogP contribution in [0.3, 0.4) is 0 Å². The molecule has 0 spiro atoms. The molecule has 3 atom stereocenters. The van der Waals surface area contributed by atoms with Crippen LogP contribution in [0.15, 0.2) is 34.7 Å². The van der Waals surface area contributed by atoms with E-state index in [-0.39, 0.29) is 37.0 Å². The van der Waals surface area contributed by atoms with E-state index in [0.717, 1.165) is 5.56 Å². The summed E-state index contributed by atoms with van der Waals surface area (Å²) in [5.41, 5.74) is -0.472. The summed E-state index contributed by atoms with van der Waals surface area (Å²) in [7, 11) is 0. The van der Waals surface area contributed by atoms with E-state index in [9.17, 15) is 14.4 Å². The first kappa shape index (κ1) is 29.1. The molecule has 13 heteroatoms. The average molecular weight is 559 g/mol. The molecule has 2 saturated heterocycles. The van der Waals surface area contributed by atoms with E-state index < -0.39 is 35.5 Å². The third-order valence-corrected chi connectivity index (χ3v) is 6.12. The van der Waals surface area contributed by atoms with E-state index in [1.165, 1.54) is 5.06 Å². The van der Waals surface area contributed by atoms with Crippen LogP contribution in [0.2, 0.25) is 0 Å². The molecule has 4 amide bonds. The van der Waals surface area contributed by atoms with Gasteiger partial charge in [0.25, 0.3) is 0 Å². The van der Waals surface area contributed by atoms with Gasteiger partial charge < -0.3 is 29.4 Å². The number of alkyl carbamates (subject to hydrolysis) is 2. The van der Waals surface area contributed by atoms with Gasteiger partial charge in [0.1, 0.15) is 29.9 Å². The number of benzene rings is 1. The SMILES string of the molecule is CC(C)(C)OC(=O)NCC(NC(=O)OC(C)(C)C)c1nnc([C@@H]2CC[C@@H]3CN2C(=O)N3OCc2ccccc2)o1. The highest BCUT2D eigenvalue weighted by Gasteiger charge is 2.48. The zero-order chi connectivity index (χ0) is 29.1. The third kappa shape index (κ3) is 7.62. The summed E-state index contributed by atoms with van der Waals surface area (Å²) < 4.78 is 16.6. The molecule has 1 aromatic heterocycles. The maximum atomic E-state index is 13.2. The van der Waals surface area contributed by atoms with Crippen LogP contribution in [0, 0.1) is 0 Å². The fraction of sp³-hybridized carbons (Fsp3) is 0.593. The molecule has 0 saturated carbocycles. The van der Waals surface area contributed by atoms with E-state index in [0.29, 0.717) is 19.4 Å². The van der Waals surface area contributed by atoms with Gasteiger partial charge >= 0.3 is 18.2 Å². The van der Waals surface area contributed by atoms with Crippen LogP contribution < -0.4 is 10.6 Å². The maximum Gasteiger partial charge on any atom is 0.408 e. The molecular formula is C27H38N6O7. The first-order valence-corrected chi connectivity index (χ1v) is 13.4. The number of piperidine rings is 1. The van der Waals surface area contributed by atoms with Gasteiger partial charge in [-0.05, 0) is 59.9 Å². The molecule has 2 aliphatic rings. The van der Waals surface area contributed by atoms with Crippen LogP contribution in [0.4, 0.5) is 14.4 Å². The standard InChI is InChI=1S/C27H38N6O7/c1-26(2,3)39-23(34)28-14-19(29-24(35)40-27(4,5)6)21-30-31-22(38-21)20-13-12-18-15-32(20)25(36)33(18)37-16-17-10-8-7-9-11-17/h7-11,18-20H,12-16H2,1-6H3,(H,28,34)(H,29,35)/t18-,19?,20+/m1/s1. The lowest BCUT2D eigenvalue weighted by molar-refractivity contribution is -0.140. The first-order chi connectivity index (χ1) is 18.8. The average Bonchev–Trinajstić information content (AvgIpc) is 3.43. The molecule has 218 valence electrons. The number of hydrogen-bond donors (Lipinski definition) is 2. The van der Waals surface area contributed by atoms with Crippen LogP contribution in [0.25, 0.3) is 0 Å². The molecule has 0 aliphatic carbocycles. The number of hydrogen-bond acceptors (Lipinski definition) is 9. The van der Waals surface area contributed by atoms with E-state index in [4.69, 9.17) is 18.7 Å². The van der Waals surface area contributed by atoms with Gasteiger partial charge in [-0.3, -0.25) is 4.84 Å². The third-order valence-electron chi connectivity index (χ3n) is 6.12. The molecule has 1 aromatic carbocycles. The van der Waals surface area contributed by atoms with Crippen LogP contribution in [-0.2, 0) is 20.9 Å². The van der Waals surface area contributed by atoms with Gasteiger partial charge in [0.15, 0.2) is 0 Å². The molecule has 2 bridgehead atoms. The van der Waals surface area contributed by atoms with Crippen molar-refractivity contribution in [3.8, 4) is 0 Å². The van der Waals surface area contributed by atoms with Gasteiger partial charge in [-0.2, -0.15) is 5.06 Å². The van der Waals surface area contributed by atoms with Crippen molar-refractivity contribution in [2.75, 3.05) is 13.1 Å². The smallest absolute Gasteiger partial charge is 0.408 e. The minimum absolute atomic E-state index is 0.0582. The zero-order valence-electron chi connectivity index (χ0n) is 23.8. The molecule has 0 radical (unpaired) electrons. The van der Waals surface area contributed by atoms with E-state index in [1.54, 1.807) is 46.4 Å². The Morgan fingerprint density at radius 3 is 2.38 bits per heavy atom. The van der Waals surface area contributed by atoms with Gasteiger partial charge in [-0.1, -0.05) is 30.3 Å². The van der Waals surface area contributed by atoms with Crippen molar-refractivity contribution in [2.45, 2.75) is 90.3 Å². The Balaban J connectivity index is 1.44. The number of nitrogens with zero attached hydrogens (tertiary/aromatic N) is 4.